The Bertz CT molecular complexity index is 1080. The van der Waals surface area contributed by atoms with Crippen molar-refractivity contribution in [1.82, 2.24) is 0 Å². The van der Waals surface area contributed by atoms with E-state index in [1.165, 1.54) is 6.08 Å². The third kappa shape index (κ3) is 5.25. The Morgan fingerprint density at radius 1 is 1.09 bits per heavy atom. The van der Waals surface area contributed by atoms with Crippen LogP contribution in [0.25, 0.3) is 0 Å². The van der Waals surface area contributed by atoms with Crippen molar-refractivity contribution in [2.45, 2.75) is 45.3 Å². The quantitative estimate of drug-likeness (QED) is 0.393. The summed E-state index contributed by atoms with van der Waals surface area (Å²) < 4.78 is 16.7. The van der Waals surface area contributed by atoms with Crippen LogP contribution in [0.5, 0.6) is 11.5 Å². The Labute approximate surface area is 193 Å². The summed E-state index contributed by atoms with van der Waals surface area (Å²) in [5, 5.41) is 9.65. The molecule has 2 aliphatic rings. The van der Waals surface area contributed by atoms with Crippen LogP contribution in [0.15, 0.2) is 66.7 Å². The number of ether oxygens (including phenoxy) is 3. The highest BCUT2D eigenvalue weighted by molar-refractivity contribution is 5.83. The van der Waals surface area contributed by atoms with Gasteiger partial charge >= 0.3 is 11.9 Å². The fourth-order valence-electron chi connectivity index (χ4n) is 4.09. The van der Waals surface area contributed by atoms with Crippen LogP contribution in [0, 0.1) is 28.6 Å². The van der Waals surface area contributed by atoms with Crippen LogP contribution in [0.1, 0.15) is 44.8 Å². The Morgan fingerprint density at radius 3 is 2.48 bits per heavy atom. The molecule has 0 N–H and O–H groups in total. The van der Waals surface area contributed by atoms with Gasteiger partial charge in [0.05, 0.1) is 5.92 Å². The molecular weight excluding hydrogens is 418 g/mol. The van der Waals surface area contributed by atoms with Gasteiger partial charge in [-0.15, -0.1) is 0 Å². The molecule has 170 valence electrons. The number of allylic oxidation sites excluding steroid dienone is 1. The number of carbonyl (C=O) groups excluding carboxylic acids is 2. The van der Waals surface area contributed by atoms with E-state index in [0.29, 0.717) is 17.1 Å². The molecule has 0 saturated heterocycles. The van der Waals surface area contributed by atoms with Gasteiger partial charge in [0.2, 0.25) is 6.10 Å². The van der Waals surface area contributed by atoms with E-state index in [1.54, 1.807) is 30.3 Å². The molecule has 0 spiro atoms. The number of esters is 2. The predicted octanol–water partition coefficient (Wildman–Crippen LogP) is 5.51. The highest BCUT2D eigenvalue weighted by Crippen LogP contribution is 2.59. The lowest BCUT2D eigenvalue weighted by molar-refractivity contribution is -0.150. The maximum Gasteiger partial charge on any atom is 0.330 e. The first-order chi connectivity index (χ1) is 15.9. The van der Waals surface area contributed by atoms with E-state index < -0.39 is 18.0 Å². The summed E-state index contributed by atoms with van der Waals surface area (Å²) in [7, 11) is 0. The minimum Gasteiger partial charge on any atom is -0.459 e. The molecule has 6 heteroatoms. The molecule has 2 aromatic rings. The van der Waals surface area contributed by atoms with Gasteiger partial charge in [-0.2, -0.15) is 5.26 Å². The molecule has 2 aliphatic carbocycles. The van der Waals surface area contributed by atoms with Crippen LogP contribution < -0.4 is 4.74 Å². The van der Waals surface area contributed by atoms with Gasteiger partial charge < -0.3 is 14.2 Å². The second-order valence-electron chi connectivity index (χ2n) is 9.11. The fraction of sp³-hybridized carbons (Fsp3) is 0.370. The average Bonchev–Trinajstić information content (AvgIpc) is 3.34. The SMILES string of the molecule is CC1(C)[C@H](C(=O)O[C@H](C#N)c2cccc(Oc3ccccc3)c2)[C@@H]1/C=C\C(=O)OC1CCC1. The van der Waals surface area contributed by atoms with Gasteiger partial charge in [-0.1, -0.05) is 50.3 Å². The Morgan fingerprint density at radius 2 is 1.82 bits per heavy atom. The van der Waals surface area contributed by atoms with Gasteiger partial charge in [0, 0.05) is 11.6 Å². The van der Waals surface area contributed by atoms with Gasteiger partial charge in [0.15, 0.2) is 0 Å². The monoisotopic (exact) mass is 445 g/mol. The van der Waals surface area contributed by atoms with Crippen molar-refractivity contribution in [2.75, 3.05) is 0 Å². The molecule has 0 radical (unpaired) electrons. The van der Waals surface area contributed by atoms with Gasteiger partial charge in [0.25, 0.3) is 0 Å². The van der Waals surface area contributed by atoms with Crippen molar-refractivity contribution < 1.29 is 23.8 Å². The second-order valence-corrected chi connectivity index (χ2v) is 9.11. The number of benzene rings is 2. The van der Waals surface area contributed by atoms with Crippen molar-refractivity contribution in [3.05, 3.63) is 72.3 Å². The molecule has 0 amide bonds. The molecule has 0 heterocycles. The number of rotatable bonds is 8. The topological polar surface area (TPSA) is 85.6 Å². The molecule has 3 atom stereocenters. The van der Waals surface area contributed by atoms with E-state index in [4.69, 9.17) is 14.2 Å². The maximum absolute atomic E-state index is 12.9. The highest BCUT2D eigenvalue weighted by Gasteiger charge is 2.61. The Balaban J connectivity index is 1.38. The van der Waals surface area contributed by atoms with Crippen molar-refractivity contribution in [3.63, 3.8) is 0 Å². The zero-order valence-electron chi connectivity index (χ0n) is 18.8. The molecule has 4 rings (SSSR count). The van der Waals surface area contributed by atoms with Crippen LogP contribution in [-0.2, 0) is 19.1 Å². The molecule has 2 saturated carbocycles. The van der Waals surface area contributed by atoms with Gasteiger partial charge in [-0.25, -0.2) is 4.79 Å². The zero-order chi connectivity index (χ0) is 23.4. The molecular formula is C27H27NO5. The predicted molar refractivity (Wildman–Crippen MR) is 121 cm³/mol. The second kappa shape index (κ2) is 9.50. The van der Waals surface area contributed by atoms with Crippen molar-refractivity contribution in [1.29, 1.82) is 5.26 Å². The summed E-state index contributed by atoms with van der Waals surface area (Å²) in [5.74, 6) is -0.184. The fourth-order valence-corrected chi connectivity index (χ4v) is 4.09. The van der Waals surface area contributed by atoms with Crippen molar-refractivity contribution in [2.24, 2.45) is 17.3 Å². The molecule has 33 heavy (non-hydrogen) atoms. The van der Waals surface area contributed by atoms with Crippen molar-refractivity contribution >= 4 is 11.9 Å². The van der Waals surface area contributed by atoms with Crippen LogP contribution in [0.4, 0.5) is 0 Å². The molecule has 0 bridgehead atoms. The lowest BCUT2D eigenvalue weighted by atomic mass is 9.96. The summed E-state index contributed by atoms with van der Waals surface area (Å²) >= 11 is 0. The molecule has 0 aromatic heterocycles. The normalized spacial score (nSPS) is 22.0. The summed E-state index contributed by atoms with van der Waals surface area (Å²) in [6.07, 6.45) is 5.02. The van der Waals surface area contributed by atoms with Crippen LogP contribution in [0.2, 0.25) is 0 Å². The van der Waals surface area contributed by atoms with E-state index in [-0.39, 0.29) is 23.4 Å². The number of hydrogen-bond acceptors (Lipinski definition) is 6. The average molecular weight is 446 g/mol. The van der Waals surface area contributed by atoms with Crippen LogP contribution in [0.3, 0.4) is 0 Å². The zero-order valence-corrected chi connectivity index (χ0v) is 18.8. The third-order valence-electron chi connectivity index (χ3n) is 6.43. The molecule has 2 fully saturated rings. The summed E-state index contributed by atoms with van der Waals surface area (Å²) in [4.78, 5) is 24.8. The lowest BCUT2D eigenvalue weighted by Crippen LogP contribution is -2.24. The largest absolute Gasteiger partial charge is 0.459 e. The molecule has 0 aliphatic heterocycles. The number of carbonyl (C=O) groups is 2. The van der Waals surface area contributed by atoms with Gasteiger partial charge in [0.1, 0.15) is 23.7 Å². The number of nitrogens with zero attached hydrogens (tertiary/aromatic N) is 1. The van der Waals surface area contributed by atoms with Crippen LogP contribution in [-0.4, -0.2) is 18.0 Å². The lowest BCUT2D eigenvalue weighted by Gasteiger charge is -2.24. The minimum atomic E-state index is -1.05. The first kappa shape index (κ1) is 22.6. The summed E-state index contributed by atoms with van der Waals surface area (Å²) in [6, 6.07) is 18.3. The van der Waals surface area contributed by atoms with Crippen molar-refractivity contribution in [3.8, 4) is 17.6 Å². The molecule has 0 unspecified atom stereocenters. The standard InChI is InChI=1S/C27H27NO5/c1-27(2)22(14-15-24(29)32-20-11-7-12-20)25(27)26(30)33-23(17-28)18-8-6-13-21(16-18)31-19-9-4-3-5-10-19/h3-6,8-10,13-16,20,22-23,25H,7,11-12H2,1-2H3/b15-14-/t22-,23+,25-/m0/s1. The van der Waals surface area contributed by atoms with Gasteiger partial charge in [-0.05, 0) is 54.9 Å². The molecule has 2 aromatic carbocycles. The van der Waals surface area contributed by atoms with Crippen LogP contribution >= 0.6 is 0 Å². The third-order valence-corrected chi connectivity index (χ3v) is 6.43. The molecule has 6 nitrogen and oxygen atoms in total. The van der Waals surface area contributed by atoms with E-state index in [1.807, 2.05) is 44.2 Å². The number of nitriles is 1. The number of para-hydroxylation sites is 1. The highest BCUT2D eigenvalue weighted by atomic mass is 16.5. The minimum absolute atomic E-state index is 0.0214. The summed E-state index contributed by atoms with van der Waals surface area (Å²) in [5.41, 5.74) is 0.177. The van der Waals surface area contributed by atoms with E-state index in [0.717, 1.165) is 19.3 Å². The van der Waals surface area contributed by atoms with E-state index >= 15 is 0 Å². The van der Waals surface area contributed by atoms with E-state index in [2.05, 4.69) is 6.07 Å². The Hall–Kier alpha value is -3.59. The van der Waals surface area contributed by atoms with E-state index in [9.17, 15) is 14.9 Å². The number of hydrogen-bond donors (Lipinski definition) is 0. The maximum atomic E-state index is 12.9. The first-order valence-corrected chi connectivity index (χ1v) is 11.2. The van der Waals surface area contributed by atoms with Gasteiger partial charge in [-0.3, -0.25) is 4.79 Å². The summed E-state index contributed by atoms with van der Waals surface area (Å²) in [6.45, 7) is 3.89. The first-order valence-electron chi connectivity index (χ1n) is 11.2. The smallest absolute Gasteiger partial charge is 0.330 e. The Kier molecular flexibility index (Phi) is 6.50.